The lowest BCUT2D eigenvalue weighted by Crippen LogP contribution is -2.26. The third-order valence-corrected chi connectivity index (χ3v) is 8.22. The van der Waals surface area contributed by atoms with Gasteiger partial charge in [-0.3, -0.25) is 0 Å². The third-order valence-electron chi connectivity index (χ3n) is 6.98. The summed E-state index contributed by atoms with van der Waals surface area (Å²) in [4.78, 5) is 0. The Labute approximate surface area is 189 Å². The smallest absolute Gasteiger partial charge is 0.158 e. The number of aromatic nitrogens is 2. The summed E-state index contributed by atoms with van der Waals surface area (Å²) in [5.74, 6) is 0.640. The zero-order chi connectivity index (χ0) is 19.9. The summed E-state index contributed by atoms with van der Waals surface area (Å²) in [7, 11) is 0. The first kappa shape index (κ1) is 21.4. The molecule has 29 heavy (non-hydrogen) atoms. The number of hydrogen-bond donors (Lipinski definition) is 1. The summed E-state index contributed by atoms with van der Waals surface area (Å²) in [6.45, 7) is 0. The van der Waals surface area contributed by atoms with E-state index in [1.807, 2.05) is 0 Å². The van der Waals surface area contributed by atoms with Crippen LogP contribution in [0.3, 0.4) is 0 Å². The summed E-state index contributed by atoms with van der Waals surface area (Å²) >= 11 is 2.60. The van der Waals surface area contributed by atoms with E-state index in [-0.39, 0.29) is 0 Å². The fourth-order valence-electron chi connectivity index (χ4n) is 5.17. The van der Waals surface area contributed by atoms with Gasteiger partial charge in [-0.25, -0.2) is 4.63 Å². The third kappa shape index (κ3) is 6.08. The van der Waals surface area contributed by atoms with Gasteiger partial charge in [-0.2, -0.15) is 0 Å². The fraction of sp³-hybridized carbons (Fsp3) is 0.750. The van der Waals surface area contributed by atoms with E-state index in [0.29, 0.717) is 12.0 Å². The van der Waals surface area contributed by atoms with Gasteiger partial charge in [0.05, 0.1) is 5.69 Å². The molecule has 0 bridgehead atoms. The first-order valence-electron chi connectivity index (χ1n) is 12.0. The van der Waals surface area contributed by atoms with Gasteiger partial charge in [-0.05, 0) is 72.5 Å². The monoisotopic (exact) mass is 509 g/mol. The molecule has 0 atom stereocenters. The topological polar surface area (TPSA) is 51.0 Å². The number of halogens is 1. The molecule has 1 aromatic carbocycles. The summed E-state index contributed by atoms with van der Waals surface area (Å²) < 4.78 is 5.96. The Morgan fingerprint density at radius 1 is 0.759 bits per heavy atom. The molecule has 0 spiro atoms. The van der Waals surface area contributed by atoms with Crippen LogP contribution in [0.25, 0.3) is 11.0 Å². The van der Waals surface area contributed by atoms with Crippen LogP contribution < -0.4 is 5.32 Å². The molecule has 0 amide bonds. The van der Waals surface area contributed by atoms with Gasteiger partial charge < -0.3 is 5.32 Å². The number of fused-ring (bicyclic) bond motifs is 1. The molecule has 0 radical (unpaired) electrons. The number of benzene rings is 1. The largest absolute Gasteiger partial charge is 0.380 e. The van der Waals surface area contributed by atoms with Crippen molar-refractivity contribution in [2.75, 3.05) is 5.32 Å². The molecule has 2 aromatic rings. The number of nitrogens with zero attached hydrogens (tertiary/aromatic N) is 2. The van der Waals surface area contributed by atoms with Crippen molar-refractivity contribution in [1.82, 2.24) is 10.3 Å². The zero-order valence-corrected chi connectivity index (χ0v) is 19.8. The second kappa shape index (κ2) is 11.0. The molecule has 1 aromatic heterocycles. The standard InChI is InChI=1S/C24H36IN3O/c25-20-12-14-21(15-13-20)26-22-16-19(17-23-24(22)28-29-27-23)18-10-8-6-4-2-1-3-5-7-9-11-18/h16-18,20-21,26H,1-15H2. The Morgan fingerprint density at radius 2 is 1.38 bits per heavy atom. The van der Waals surface area contributed by atoms with Crippen molar-refractivity contribution in [2.24, 2.45) is 0 Å². The first-order valence-corrected chi connectivity index (χ1v) is 13.2. The van der Waals surface area contributed by atoms with Crippen LogP contribution in [0, 0.1) is 0 Å². The average Bonchev–Trinajstić information content (AvgIpc) is 3.19. The van der Waals surface area contributed by atoms with Crippen molar-refractivity contribution in [1.29, 1.82) is 0 Å². The quantitative estimate of drug-likeness (QED) is 0.339. The molecule has 2 aliphatic carbocycles. The molecular formula is C24H36IN3O. The van der Waals surface area contributed by atoms with E-state index in [2.05, 4.69) is 50.4 Å². The van der Waals surface area contributed by atoms with Gasteiger partial charge >= 0.3 is 0 Å². The molecule has 5 heteroatoms. The lowest BCUT2D eigenvalue weighted by Gasteiger charge is -2.27. The van der Waals surface area contributed by atoms with Crippen LogP contribution in [0.1, 0.15) is 108 Å². The number of hydrogen-bond acceptors (Lipinski definition) is 4. The Kier molecular flexibility index (Phi) is 8.08. The van der Waals surface area contributed by atoms with Crippen molar-refractivity contribution in [3.63, 3.8) is 0 Å². The molecule has 1 N–H and O–H groups in total. The predicted molar refractivity (Wildman–Crippen MR) is 129 cm³/mol. The van der Waals surface area contributed by atoms with Gasteiger partial charge in [0.1, 0.15) is 5.52 Å². The summed E-state index contributed by atoms with van der Waals surface area (Å²) in [6, 6.07) is 5.17. The molecule has 160 valence electrons. The van der Waals surface area contributed by atoms with E-state index in [1.165, 1.54) is 102 Å². The number of rotatable bonds is 3. The van der Waals surface area contributed by atoms with E-state index in [4.69, 9.17) is 4.63 Å². The van der Waals surface area contributed by atoms with Crippen LogP contribution in [-0.2, 0) is 0 Å². The normalized spacial score (nSPS) is 26.0. The fourth-order valence-corrected chi connectivity index (χ4v) is 5.89. The van der Waals surface area contributed by atoms with Crippen LogP contribution in [0.2, 0.25) is 0 Å². The lowest BCUT2D eigenvalue weighted by atomic mass is 9.87. The minimum Gasteiger partial charge on any atom is -0.380 e. The Bertz CT molecular complexity index is 742. The van der Waals surface area contributed by atoms with Crippen LogP contribution in [0.4, 0.5) is 5.69 Å². The highest BCUT2D eigenvalue weighted by atomic mass is 127. The van der Waals surface area contributed by atoms with Gasteiger partial charge in [0.15, 0.2) is 5.52 Å². The van der Waals surface area contributed by atoms with E-state index in [9.17, 15) is 0 Å². The van der Waals surface area contributed by atoms with Crippen molar-refractivity contribution >= 4 is 39.3 Å². The molecule has 1 heterocycles. The Hall–Kier alpha value is -0.850. The molecule has 4 nitrogen and oxygen atoms in total. The van der Waals surface area contributed by atoms with Crippen molar-refractivity contribution in [3.8, 4) is 0 Å². The minimum absolute atomic E-state index is 0.549. The van der Waals surface area contributed by atoms with Crippen molar-refractivity contribution in [3.05, 3.63) is 17.7 Å². The van der Waals surface area contributed by atoms with E-state index >= 15 is 0 Å². The second-order valence-corrected chi connectivity index (χ2v) is 11.0. The van der Waals surface area contributed by atoms with Gasteiger partial charge in [0, 0.05) is 9.97 Å². The second-order valence-electron chi connectivity index (χ2n) is 9.25. The molecule has 2 saturated carbocycles. The molecule has 0 saturated heterocycles. The maximum absolute atomic E-state index is 5.12. The molecule has 4 rings (SSSR count). The van der Waals surface area contributed by atoms with Crippen LogP contribution in [0.15, 0.2) is 16.8 Å². The Balaban J connectivity index is 1.51. The van der Waals surface area contributed by atoms with Crippen LogP contribution in [-0.4, -0.2) is 20.3 Å². The minimum atomic E-state index is 0.549. The van der Waals surface area contributed by atoms with Crippen molar-refractivity contribution < 1.29 is 4.63 Å². The molecule has 0 unspecified atom stereocenters. The molecule has 2 aliphatic rings. The van der Waals surface area contributed by atoms with E-state index < -0.39 is 0 Å². The highest BCUT2D eigenvalue weighted by molar-refractivity contribution is 14.1. The first-order chi connectivity index (χ1) is 14.3. The van der Waals surface area contributed by atoms with Gasteiger partial charge in [0.2, 0.25) is 0 Å². The highest BCUT2D eigenvalue weighted by Gasteiger charge is 2.22. The highest BCUT2D eigenvalue weighted by Crippen LogP contribution is 2.35. The maximum atomic E-state index is 5.12. The lowest BCUT2D eigenvalue weighted by molar-refractivity contribution is 0.315. The maximum Gasteiger partial charge on any atom is 0.158 e. The van der Waals surface area contributed by atoms with E-state index in [0.717, 1.165) is 20.6 Å². The number of alkyl halides is 1. The summed E-state index contributed by atoms with van der Waals surface area (Å²) in [5.41, 5.74) is 4.40. The van der Waals surface area contributed by atoms with E-state index in [1.54, 1.807) is 0 Å². The number of nitrogens with one attached hydrogen (secondary N) is 1. The zero-order valence-electron chi connectivity index (χ0n) is 17.7. The molecular weight excluding hydrogens is 473 g/mol. The van der Waals surface area contributed by atoms with Crippen LogP contribution >= 0.6 is 22.6 Å². The SMILES string of the molecule is IC1CCC(Nc2cc(C3CCCCCCCCCCC3)cc3nonc23)CC1. The average molecular weight is 509 g/mol. The van der Waals surface area contributed by atoms with Gasteiger partial charge in [-0.1, -0.05) is 80.4 Å². The summed E-state index contributed by atoms with van der Waals surface area (Å²) in [5, 5.41) is 12.2. The predicted octanol–water partition coefficient (Wildman–Crippen LogP) is 7.77. The van der Waals surface area contributed by atoms with Crippen LogP contribution in [0.5, 0.6) is 0 Å². The van der Waals surface area contributed by atoms with Gasteiger partial charge in [-0.15, -0.1) is 0 Å². The molecule has 0 aliphatic heterocycles. The number of anilines is 1. The summed E-state index contributed by atoms with van der Waals surface area (Å²) in [6.07, 6.45) is 20.3. The Morgan fingerprint density at radius 3 is 2.03 bits per heavy atom. The van der Waals surface area contributed by atoms with Crippen molar-refractivity contribution in [2.45, 2.75) is 112 Å². The molecule has 2 fully saturated rings. The van der Waals surface area contributed by atoms with Gasteiger partial charge in [0.25, 0.3) is 0 Å².